The van der Waals surface area contributed by atoms with Crippen LogP contribution in [-0.4, -0.2) is 15.5 Å². The summed E-state index contributed by atoms with van der Waals surface area (Å²) in [6.45, 7) is 3.90. The van der Waals surface area contributed by atoms with Gasteiger partial charge in [-0.15, -0.1) is 0 Å². The highest BCUT2D eigenvalue weighted by atomic mass is 32.2. The molecule has 0 bridgehead atoms. The summed E-state index contributed by atoms with van der Waals surface area (Å²) in [6.07, 6.45) is 0. The molecule has 0 aliphatic rings. The number of nitrogens with zero attached hydrogens (tertiary/aromatic N) is 1. The maximum absolute atomic E-state index is 13.5. The normalized spacial score (nSPS) is 12.4. The van der Waals surface area contributed by atoms with E-state index in [0.717, 1.165) is 11.1 Å². The summed E-state index contributed by atoms with van der Waals surface area (Å²) >= 11 is 0. The molecule has 3 aromatic rings. The third-order valence-electron chi connectivity index (χ3n) is 4.48. The highest BCUT2D eigenvalue weighted by molar-refractivity contribution is 7.92. The maximum Gasteiger partial charge on any atom is 0.264 e. The summed E-state index contributed by atoms with van der Waals surface area (Å²) in [7, 11) is -2.19. The molecule has 0 saturated heterocycles. The molecule has 0 saturated carbocycles. The van der Waals surface area contributed by atoms with Crippen molar-refractivity contribution in [1.82, 2.24) is 0 Å². The van der Waals surface area contributed by atoms with Gasteiger partial charge in [0.2, 0.25) is 0 Å². The fraction of sp³-hybridized carbons (Fsp3) is 0.182. The molecule has 0 aliphatic carbocycles. The Morgan fingerprint density at radius 1 is 0.889 bits per heavy atom. The van der Waals surface area contributed by atoms with E-state index in [4.69, 9.17) is 4.74 Å². The number of benzene rings is 3. The first-order valence-electron chi connectivity index (χ1n) is 8.73. The van der Waals surface area contributed by atoms with Crippen LogP contribution in [0.3, 0.4) is 0 Å². The molecule has 0 unspecified atom stereocenters. The van der Waals surface area contributed by atoms with Crippen LogP contribution in [0.1, 0.15) is 24.1 Å². The van der Waals surface area contributed by atoms with E-state index < -0.39 is 10.0 Å². The number of rotatable bonds is 6. The molecule has 0 radical (unpaired) electrons. The van der Waals surface area contributed by atoms with E-state index in [9.17, 15) is 8.42 Å². The number of aryl methyl sites for hydroxylation is 1. The van der Waals surface area contributed by atoms with E-state index in [-0.39, 0.29) is 10.9 Å². The van der Waals surface area contributed by atoms with Gasteiger partial charge in [0, 0.05) is 6.07 Å². The third kappa shape index (κ3) is 3.98. The van der Waals surface area contributed by atoms with Crippen LogP contribution in [0.5, 0.6) is 5.75 Å². The lowest BCUT2D eigenvalue weighted by Gasteiger charge is -2.31. The van der Waals surface area contributed by atoms with Gasteiger partial charge >= 0.3 is 0 Å². The number of sulfonamides is 1. The first kappa shape index (κ1) is 19.0. The Kier molecular flexibility index (Phi) is 5.51. The van der Waals surface area contributed by atoms with Crippen LogP contribution < -0.4 is 9.04 Å². The van der Waals surface area contributed by atoms with Gasteiger partial charge < -0.3 is 4.74 Å². The average molecular weight is 381 g/mol. The van der Waals surface area contributed by atoms with Crippen molar-refractivity contribution in [3.8, 4) is 5.75 Å². The largest absolute Gasteiger partial charge is 0.497 e. The van der Waals surface area contributed by atoms with E-state index in [1.54, 1.807) is 61.7 Å². The lowest BCUT2D eigenvalue weighted by Crippen LogP contribution is -2.33. The molecule has 140 valence electrons. The number of hydrogen-bond acceptors (Lipinski definition) is 3. The van der Waals surface area contributed by atoms with Gasteiger partial charge in [0.25, 0.3) is 10.0 Å². The van der Waals surface area contributed by atoms with Crippen LogP contribution in [0.25, 0.3) is 0 Å². The minimum Gasteiger partial charge on any atom is -0.497 e. The summed E-state index contributed by atoms with van der Waals surface area (Å²) in [5.74, 6) is 0.609. The van der Waals surface area contributed by atoms with E-state index in [2.05, 4.69) is 0 Å². The molecule has 0 spiro atoms. The third-order valence-corrected chi connectivity index (χ3v) is 6.40. The summed E-state index contributed by atoms with van der Waals surface area (Å²) in [6, 6.07) is 23.1. The number of ether oxygens (including phenoxy) is 1. The van der Waals surface area contributed by atoms with E-state index >= 15 is 0 Å². The molecule has 0 N–H and O–H groups in total. The number of methoxy groups -OCH3 is 1. The Hall–Kier alpha value is -2.79. The van der Waals surface area contributed by atoms with Gasteiger partial charge in [-0.1, -0.05) is 54.1 Å². The molecule has 0 aromatic heterocycles. The van der Waals surface area contributed by atoms with Crippen LogP contribution in [0, 0.1) is 6.92 Å². The molecule has 0 amide bonds. The van der Waals surface area contributed by atoms with Crippen LogP contribution in [0.2, 0.25) is 0 Å². The zero-order chi connectivity index (χ0) is 19.4. The van der Waals surface area contributed by atoms with Crippen LogP contribution in [-0.2, 0) is 10.0 Å². The zero-order valence-electron chi connectivity index (χ0n) is 15.7. The summed E-state index contributed by atoms with van der Waals surface area (Å²) in [4.78, 5) is 0.257. The van der Waals surface area contributed by atoms with Crippen molar-refractivity contribution >= 4 is 15.7 Å². The molecular weight excluding hydrogens is 358 g/mol. The van der Waals surface area contributed by atoms with Crippen molar-refractivity contribution in [2.45, 2.75) is 24.8 Å². The van der Waals surface area contributed by atoms with Gasteiger partial charge in [-0.25, -0.2) is 8.42 Å². The van der Waals surface area contributed by atoms with Gasteiger partial charge in [-0.3, -0.25) is 4.31 Å². The highest BCUT2D eigenvalue weighted by Gasteiger charge is 2.30. The first-order chi connectivity index (χ1) is 12.9. The molecule has 0 heterocycles. The smallest absolute Gasteiger partial charge is 0.264 e. The van der Waals surface area contributed by atoms with Gasteiger partial charge in [0.05, 0.1) is 23.7 Å². The summed E-state index contributed by atoms with van der Waals surface area (Å²) in [5, 5.41) is 0. The summed E-state index contributed by atoms with van der Waals surface area (Å²) in [5.41, 5.74) is 2.58. The molecule has 4 nitrogen and oxygen atoms in total. The van der Waals surface area contributed by atoms with E-state index in [0.29, 0.717) is 11.4 Å². The molecule has 3 rings (SSSR count). The van der Waals surface area contributed by atoms with Crippen molar-refractivity contribution < 1.29 is 13.2 Å². The van der Waals surface area contributed by atoms with E-state index in [1.807, 2.05) is 38.1 Å². The second kappa shape index (κ2) is 7.84. The minimum atomic E-state index is -3.76. The van der Waals surface area contributed by atoms with Crippen LogP contribution in [0.4, 0.5) is 5.69 Å². The van der Waals surface area contributed by atoms with Gasteiger partial charge in [0.1, 0.15) is 5.75 Å². The summed E-state index contributed by atoms with van der Waals surface area (Å²) < 4.78 is 33.8. The predicted octanol–water partition coefficient (Wildman–Crippen LogP) is 4.96. The van der Waals surface area contributed by atoms with Crippen molar-refractivity contribution in [2.75, 3.05) is 11.4 Å². The Labute approximate surface area is 161 Å². The molecule has 3 aromatic carbocycles. The first-order valence-corrected chi connectivity index (χ1v) is 10.2. The quantitative estimate of drug-likeness (QED) is 0.606. The molecule has 0 aliphatic heterocycles. The standard InChI is InChI=1S/C22H23NO3S/c1-17-9-7-10-19(15-17)18(2)23(20-11-8-12-21(16-20)26-3)27(24,25)22-13-5-4-6-14-22/h4-16,18H,1-3H3/t18-/m0/s1. The highest BCUT2D eigenvalue weighted by Crippen LogP contribution is 2.35. The van der Waals surface area contributed by atoms with Crippen molar-refractivity contribution in [2.24, 2.45) is 0 Å². The lowest BCUT2D eigenvalue weighted by molar-refractivity contribution is 0.415. The van der Waals surface area contributed by atoms with Gasteiger partial charge in [0.15, 0.2) is 0 Å². The molecular formula is C22H23NO3S. The van der Waals surface area contributed by atoms with Crippen molar-refractivity contribution in [3.05, 3.63) is 90.0 Å². The van der Waals surface area contributed by atoms with Gasteiger partial charge in [-0.2, -0.15) is 0 Å². The minimum absolute atomic E-state index is 0.257. The van der Waals surface area contributed by atoms with Crippen molar-refractivity contribution in [1.29, 1.82) is 0 Å². The fourth-order valence-electron chi connectivity index (χ4n) is 3.09. The second-order valence-corrected chi connectivity index (χ2v) is 8.22. The van der Waals surface area contributed by atoms with Gasteiger partial charge in [-0.05, 0) is 43.7 Å². The Balaban J connectivity index is 2.17. The van der Waals surface area contributed by atoms with Crippen molar-refractivity contribution in [3.63, 3.8) is 0 Å². The maximum atomic E-state index is 13.5. The molecule has 0 fully saturated rings. The molecule has 5 heteroatoms. The zero-order valence-corrected chi connectivity index (χ0v) is 16.5. The molecule has 1 atom stereocenters. The Morgan fingerprint density at radius 3 is 2.26 bits per heavy atom. The SMILES string of the molecule is COc1cccc(N([C@@H](C)c2cccc(C)c2)S(=O)(=O)c2ccccc2)c1. The topological polar surface area (TPSA) is 46.6 Å². The van der Waals surface area contributed by atoms with Crippen LogP contribution >= 0.6 is 0 Å². The lowest BCUT2D eigenvalue weighted by atomic mass is 10.1. The van der Waals surface area contributed by atoms with Crippen LogP contribution in [0.15, 0.2) is 83.8 Å². The average Bonchev–Trinajstić information content (AvgIpc) is 2.69. The Bertz CT molecular complexity index is 1020. The number of hydrogen-bond donors (Lipinski definition) is 0. The molecule has 27 heavy (non-hydrogen) atoms. The predicted molar refractivity (Wildman–Crippen MR) is 109 cm³/mol. The Morgan fingerprint density at radius 2 is 1.59 bits per heavy atom. The number of anilines is 1. The second-order valence-electron chi connectivity index (χ2n) is 6.41. The fourth-order valence-corrected chi connectivity index (χ4v) is 4.75. The van der Waals surface area contributed by atoms with E-state index in [1.165, 1.54) is 4.31 Å². The monoisotopic (exact) mass is 381 g/mol.